The van der Waals surface area contributed by atoms with Crippen molar-refractivity contribution in [2.24, 2.45) is 0 Å². The lowest BCUT2D eigenvalue weighted by atomic mass is 10.1. The van der Waals surface area contributed by atoms with E-state index in [2.05, 4.69) is 0 Å². The number of hydrogen-bond acceptors (Lipinski definition) is 2. The van der Waals surface area contributed by atoms with Crippen LogP contribution in [0.5, 0.6) is 0 Å². The fourth-order valence-electron chi connectivity index (χ4n) is 0.960. The molecule has 0 aromatic heterocycles. The zero-order valence-electron chi connectivity index (χ0n) is 6.89. The van der Waals surface area contributed by atoms with Crippen molar-refractivity contribution in [3.8, 4) is 0 Å². The van der Waals surface area contributed by atoms with Crippen LogP contribution in [-0.2, 0) is 4.79 Å². The van der Waals surface area contributed by atoms with Crippen LogP contribution in [0, 0.1) is 17.5 Å². The average molecular weight is 202 g/mol. The van der Waals surface area contributed by atoms with Crippen molar-refractivity contribution in [1.29, 1.82) is 0 Å². The van der Waals surface area contributed by atoms with Gasteiger partial charge in [0.1, 0.15) is 12.1 Å². The lowest BCUT2D eigenvalue weighted by Gasteiger charge is -2.01. The SMILES string of the molecule is O=CCC(=O)c1c(F)ccc(F)c1F. The Hall–Kier alpha value is -1.65. The molecular weight excluding hydrogens is 197 g/mol. The summed E-state index contributed by atoms with van der Waals surface area (Å²) in [6.45, 7) is 0. The number of benzene rings is 1. The standard InChI is InChI=1S/C9H5F3O2/c10-5-1-2-6(11)9(12)8(5)7(14)3-4-13/h1-2,4H,3H2. The molecule has 0 aliphatic heterocycles. The number of carbonyl (C=O) groups is 2. The van der Waals surface area contributed by atoms with E-state index in [1.54, 1.807) is 0 Å². The summed E-state index contributed by atoms with van der Waals surface area (Å²) in [5.41, 5.74) is -1.00. The van der Waals surface area contributed by atoms with Crippen molar-refractivity contribution in [3.63, 3.8) is 0 Å². The van der Waals surface area contributed by atoms with Gasteiger partial charge in [0, 0.05) is 0 Å². The van der Waals surface area contributed by atoms with Crippen molar-refractivity contribution < 1.29 is 22.8 Å². The normalized spacial score (nSPS) is 9.93. The van der Waals surface area contributed by atoms with Gasteiger partial charge in [0.2, 0.25) is 0 Å². The number of hydrogen-bond donors (Lipinski definition) is 0. The molecule has 0 spiro atoms. The van der Waals surface area contributed by atoms with E-state index in [0.717, 1.165) is 0 Å². The maximum atomic E-state index is 12.9. The Balaban J connectivity index is 3.25. The first-order chi connectivity index (χ1) is 6.57. The van der Waals surface area contributed by atoms with Crippen molar-refractivity contribution in [3.05, 3.63) is 35.1 Å². The molecular formula is C9H5F3O2. The molecule has 0 heterocycles. The number of Topliss-reactive ketones (excluding diaryl/α,β-unsaturated/α-hetero) is 1. The van der Waals surface area contributed by atoms with E-state index in [-0.39, 0.29) is 6.29 Å². The Morgan fingerprint density at radius 2 is 1.79 bits per heavy atom. The maximum Gasteiger partial charge on any atom is 0.175 e. The summed E-state index contributed by atoms with van der Waals surface area (Å²) >= 11 is 0. The van der Waals surface area contributed by atoms with E-state index in [1.165, 1.54) is 0 Å². The molecule has 0 fully saturated rings. The van der Waals surface area contributed by atoms with Gasteiger partial charge < -0.3 is 4.79 Å². The molecule has 1 aromatic rings. The maximum absolute atomic E-state index is 12.9. The monoisotopic (exact) mass is 202 g/mol. The van der Waals surface area contributed by atoms with Gasteiger partial charge >= 0.3 is 0 Å². The summed E-state index contributed by atoms with van der Waals surface area (Å²) in [5, 5.41) is 0. The minimum Gasteiger partial charge on any atom is -0.303 e. The molecule has 2 nitrogen and oxygen atoms in total. The fraction of sp³-hybridized carbons (Fsp3) is 0.111. The van der Waals surface area contributed by atoms with Gasteiger partial charge in [-0.1, -0.05) is 0 Å². The number of carbonyl (C=O) groups excluding carboxylic acids is 2. The smallest absolute Gasteiger partial charge is 0.175 e. The van der Waals surface area contributed by atoms with Crippen molar-refractivity contribution in [2.75, 3.05) is 0 Å². The zero-order chi connectivity index (χ0) is 10.7. The van der Waals surface area contributed by atoms with Crippen LogP contribution in [0.2, 0.25) is 0 Å². The second kappa shape index (κ2) is 4.04. The van der Waals surface area contributed by atoms with Gasteiger partial charge in [0.05, 0.1) is 12.0 Å². The van der Waals surface area contributed by atoms with Crippen LogP contribution < -0.4 is 0 Å². The molecule has 14 heavy (non-hydrogen) atoms. The fourth-order valence-corrected chi connectivity index (χ4v) is 0.960. The van der Waals surface area contributed by atoms with Crippen LogP contribution in [-0.4, -0.2) is 12.1 Å². The van der Waals surface area contributed by atoms with Crippen molar-refractivity contribution >= 4 is 12.1 Å². The van der Waals surface area contributed by atoms with Crippen LogP contribution in [0.3, 0.4) is 0 Å². The molecule has 0 N–H and O–H groups in total. The van der Waals surface area contributed by atoms with Gasteiger partial charge in [-0.2, -0.15) is 0 Å². The first-order valence-corrected chi connectivity index (χ1v) is 3.68. The molecule has 1 rings (SSSR count). The molecule has 5 heteroatoms. The highest BCUT2D eigenvalue weighted by Gasteiger charge is 2.19. The Morgan fingerprint density at radius 3 is 2.36 bits per heavy atom. The second-order valence-corrected chi connectivity index (χ2v) is 2.51. The third kappa shape index (κ3) is 1.81. The van der Waals surface area contributed by atoms with E-state index in [4.69, 9.17) is 0 Å². The second-order valence-electron chi connectivity index (χ2n) is 2.51. The quantitative estimate of drug-likeness (QED) is 0.324. The van der Waals surface area contributed by atoms with E-state index in [0.29, 0.717) is 12.1 Å². The Labute approximate surface area is 77.3 Å². The van der Waals surface area contributed by atoms with Gasteiger partial charge in [0.15, 0.2) is 17.4 Å². The summed E-state index contributed by atoms with van der Waals surface area (Å²) in [7, 11) is 0. The lowest BCUT2D eigenvalue weighted by Crippen LogP contribution is -2.08. The van der Waals surface area contributed by atoms with Gasteiger partial charge in [-0.25, -0.2) is 13.2 Å². The Morgan fingerprint density at radius 1 is 1.21 bits per heavy atom. The predicted octanol–water partition coefficient (Wildman–Crippen LogP) is 1.88. The molecule has 0 amide bonds. The molecule has 1 aromatic carbocycles. The summed E-state index contributed by atoms with van der Waals surface area (Å²) in [5.74, 6) is -5.12. The number of rotatable bonds is 3. The molecule has 0 bridgehead atoms. The zero-order valence-corrected chi connectivity index (χ0v) is 6.89. The first kappa shape index (κ1) is 10.4. The lowest BCUT2D eigenvalue weighted by molar-refractivity contribution is -0.107. The van der Waals surface area contributed by atoms with Gasteiger partial charge in [-0.15, -0.1) is 0 Å². The highest BCUT2D eigenvalue weighted by molar-refractivity contribution is 6.03. The first-order valence-electron chi connectivity index (χ1n) is 3.68. The van der Waals surface area contributed by atoms with Gasteiger partial charge in [-0.05, 0) is 12.1 Å². The number of ketones is 1. The largest absolute Gasteiger partial charge is 0.303 e. The van der Waals surface area contributed by atoms with Gasteiger partial charge in [0.25, 0.3) is 0 Å². The summed E-state index contributed by atoms with van der Waals surface area (Å²) < 4.78 is 38.3. The topological polar surface area (TPSA) is 34.1 Å². The van der Waals surface area contributed by atoms with E-state index < -0.39 is 35.2 Å². The predicted molar refractivity (Wildman–Crippen MR) is 41.3 cm³/mol. The average Bonchev–Trinajstić information content (AvgIpc) is 2.13. The Kier molecular flexibility index (Phi) is 3.01. The number of aldehydes is 1. The molecule has 0 unspecified atom stereocenters. The Bertz CT molecular complexity index is 388. The highest BCUT2D eigenvalue weighted by Crippen LogP contribution is 2.16. The molecule has 74 valence electrons. The third-order valence-electron chi connectivity index (χ3n) is 1.59. The third-order valence-corrected chi connectivity index (χ3v) is 1.59. The molecule has 0 saturated carbocycles. The van der Waals surface area contributed by atoms with Crippen molar-refractivity contribution in [1.82, 2.24) is 0 Å². The van der Waals surface area contributed by atoms with Crippen LogP contribution in [0.4, 0.5) is 13.2 Å². The molecule has 0 radical (unpaired) electrons. The van der Waals surface area contributed by atoms with E-state index >= 15 is 0 Å². The minimum absolute atomic E-state index is 0.201. The summed E-state index contributed by atoms with van der Waals surface area (Å²) in [6.07, 6.45) is -0.469. The van der Waals surface area contributed by atoms with Crippen LogP contribution in [0.15, 0.2) is 12.1 Å². The van der Waals surface area contributed by atoms with E-state index in [1.807, 2.05) is 0 Å². The number of halogens is 3. The highest BCUT2D eigenvalue weighted by atomic mass is 19.2. The van der Waals surface area contributed by atoms with Crippen LogP contribution in [0.1, 0.15) is 16.8 Å². The minimum atomic E-state index is -1.56. The summed E-state index contributed by atoms with van der Waals surface area (Å²) in [4.78, 5) is 20.9. The van der Waals surface area contributed by atoms with Gasteiger partial charge in [-0.3, -0.25) is 4.79 Å². The molecule has 0 aliphatic carbocycles. The van der Waals surface area contributed by atoms with Crippen LogP contribution >= 0.6 is 0 Å². The van der Waals surface area contributed by atoms with Crippen molar-refractivity contribution in [2.45, 2.75) is 6.42 Å². The summed E-state index contributed by atoms with van der Waals surface area (Å²) in [6, 6.07) is 1.21. The van der Waals surface area contributed by atoms with E-state index in [9.17, 15) is 22.8 Å². The molecule has 0 saturated heterocycles. The molecule has 0 aliphatic rings. The molecule has 0 atom stereocenters. The van der Waals surface area contributed by atoms with Crippen LogP contribution in [0.25, 0.3) is 0 Å².